The smallest absolute Gasteiger partial charge is 0.341 e. The first-order chi connectivity index (χ1) is 13.8. The normalized spacial score (nSPS) is 10.5. The zero-order valence-electron chi connectivity index (χ0n) is 16.5. The Morgan fingerprint density at radius 2 is 1.76 bits per heavy atom. The van der Waals surface area contributed by atoms with Gasteiger partial charge in [0.05, 0.1) is 17.6 Å². The number of thiophene rings is 1. The van der Waals surface area contributed by atoms with E-state index in [-0.39, 0.29) is 5.91 Å². The molecule has 0 saturated carbocycles. The summed E-state index contributed by atoms with van der Waals surface area (Å²) in [7, 11) is 4.64. The Hall–Kier alpha value is -2.97. The van der Waals surface area contributed by atoms with E-state index in [2.05, 4.69) is 10.6 Å². The highest BCUT2D eigenvalue weighted by Gasteiger charge is 2.26. The van der Waals surface area contributed by atoms with Gasteiger partial charge in [-0.25, -0.2) is 4.79 Å². The molecule has 3 aromatic rings. The van der Waals surface area contributed by atoms with Gasteiger partial charge in [0.1, 0.15) is 5.00 Å². The van der Waals surface area contributed by atoms with Crippen LogP contribution in [0.1, 0.15) is 25.6 Å². The van der Waals surface area contributed by atoms with Gasteiger partial charge < -0.3 is 20.3 Å². The number of hydrogen-bond donors (Lipinski definition) is 2. The third-order valence-electron chi connectivity index (χ3n) is 4.40. The molecule has 8 heteroatoms. The molecular formula is C21H21N3O3S2. The van der Waals surface area contributed by atoms with Gasteiger partial charge in [-0.2, -0.15) is 0 Å². The monoisotopic (exact) mass is 427 g/mol. The molecule has 0 atom stereocenters. The Morgan fingerprint density at radius 3 is 2.45 bits per heavy atom. The van der Waals surface area contributed by atoms with Crippen molar-refractivity contribution in [1.82, 2.24) is 4.90 Å². The predicted molar refractivity (Wildman–Crippen MR) is 122 cm³/mol. The van der Waals surface area contributed by atoms with Crippen molar-refractivity contribution in [2.24, 2.45) is 0 Å². The summed E-state index contributed by atoms with van der Waals surface area (Å²) in [6.45, 7) is 1.73. The molecule has 0 aliphatic carbocycles. The zero-order valence-corrected chi connectivity index (χ0v) is 18.2. The van der Waals surface area contributed by atoms with Crippen molar-refractivity contribution in [2.75, 3.05) is 31.8 Å². The molecule has 0 fully saturated rings. The number of thiocarbonyl (C=S) groups is 1. The van der Waals surface area contributed by atoms with E-state index >= 15 is 0 Å². The summed E-state index contributed by atoms with van der Waals surface area (Å²) in [6, 6.07) is 13.9. The fraction of sp³-hybridized carbons (Fsp3) is 0.190. The van der Waals surface area contributed by atoms with Gasteiger partial charge in [-0.05, 0) is 36.2 Å². The van der Waals surface area contributed by atoms with Gasteiger partial charge in [0.2, 0.25) is 0 Å². The molecule has 29 heavy (non-hydrogen) atoms. The highest BCUT2D eigenvalue weighted by Crippen LogP contribution is 2.34. The third kappa shape index (κ3) is 4.23. The molecule has 3 rings (SSSR count). The van der Waals surface area contributed by atoms with Gasteiger partial charge >= 0.3 is 5.97 Å². The second kappa shape index (κ2) is 8.59. The number of rotatable bonds is 4. The van der Waals surface area contributed by atoms with Crippen molar-refractivity contribution < 1.29 is 14.3 Å². The first-order valence-electron chi connectivity index (χ1n) is 8.82. The molecule has 0 aliphatic rings. The third-order valence-corrected chi connectivity index (χ3v) is 5.80. The van der Waals surface area contributed by atoms with Crippen molar-refractivity contribution in [3.05, 3.63) is 58.5 Å². The lowest BCUT2D eigenvalue weighted by Gasteiger charge is -2.12. The molecule has 0 aliphatic heterocycles. The van der Waals surface area contributed by atoms with E-state index in [0.717, 1.165) is 16.5 Å². The quantitative estimate of drug-likeness (QED) is 0.472. The second-order valence-electron chi connectivity index (χ2n) is 6.56. The van der Waals surface area contributed by atoms with Gasteiger partial charge in [-0.1, -0.05) is 36.4 Å². The minimum absolute atomic E-state index is 0.182. The Bertz CT molecular complexity index is 1100. The summed E-state index contributed by atoms with van der Waals surface area (Å²) in [5.74, 6) is -0.703. The molecule has 2 N–H and O–H groups in total. The number of nitrogens with one attached hydrogen (secondary N) is 2. The summed E-state index contributed by atoms with van der Waals surface area (Å²) in [6.07, 6.45) is 0. The van der Waals surface area contributed by atoms with Gasteiger partial charge in [-0.15, -0.1) is 11.3 Å². The minimum Gasteiger partial charge on any atom is -0.465 e. The van der Waals surface area contributed by atoms with E-state index in [4.69, 9.17) is 17.0 Å². The Balaban J connectivity index is 1.92. The maximum absolute atomic E-state index is 12.5. The van der Waals surface area contributed by atoms with Crippen LogP contribution in [0.5, 0.6) is 0 Å². The van der Waals surface area contributed by atoms with Crippen LogP contribution in [0.3, 0.4) is 0 Å². The van der Waals surface area contributed by atoms with Crippen LogP contribution in [0.15, 0.2) is 42.5 Å². The first-order valence-corrected chi connectivity index (χ1v) is 10.0. The van der Waals surface area contributed by atoms with Crippen LogP contribution in [0.25, 0.3) is 10.8 Å². The SMILES string of the molecule is COC(=O)c1c(NC(=S)Nc2cccc3ccccc23)sc(C(=O)N(C)C)c1C. The van der Waals surface area contributed by atoms with Crippen molar-refractivity contribution in [2.45, 2.75) is 6.92 Å². The van der Waals surface area contributed by atoms with Gasteiger partial charge in [0.25, 0.3) is 5.91 Å². The molecule has 1 amide bonds. The molecule has 6 nitrogen and oxygen atoms in total. The molecule has 0 spiro atoms. The van der Waals surface area contributed by atoms with E-state index in [1.54, 1.807) is 21.0 Å². The van der Waals surface area contributed by atoms with Crippen molar-refractivity contribution in [3.63, 3.8) is 0 Å². The maximum atomic E-state index is 12.5. The number of nitrogens with zero attached hydrogens (tertiary/aromatic N) is 1. The molecule has 1 aromatic heterocycles. The van der Waals surface area contributed by atoms with Crippen molar-refractivity contribution >= 4 is 62.0 Å². The number of ether oxygens (including phenoxy) is 1. The van der Waals surface area contributed by atoms with Crippen LogP contribution in [-0.2, 0) is 4.74 Å². The van der Waals surface area contributed by atoms with E-state index < -0.39 is 5.97 Å². The number of benzene rings is 2. The maximum Gasteiger partial charge on any atom is 0.341 e. The van der Waals surface area contributed by atoms with Crippen LogP contribution in [-0.4, -0.2) is 43.1 Å². The largest absolute Gasteiger partial charge is 0.465 e. The number of methoxy groups -OCH3 is 1. The standard InChI is InChI=1S/C21H21N3O3S2/c1-12-16(20(26)27-4)18(29-17(12)19(25)24(2)3)23-21(28)22-15-11-7-9-13-8-5-6-10-14(13)15/h5-11H,1-4H3,(H2,22,23,28). The lowest BCUT2D eigenvalue weighted by atomic mass is 10.1. The number of amides is 1. The number of carbonyl (C=O) groups is 2. The highest BCUT2D eigenvalue weighted by atomic mass is 32.1. The predicted octanol–water partition coefficient (Wildman–Crippen LogP) is 4.51. The summed E-state index contributed by atoms with van der Waals surface area (Å²) < 4.78 is 4.91. The second-order valence-corrected chi connectivity index (χ2v) is 7.99. The van der Waals surface area contributed by atoms with Crippen molar-refractivity contribution in [1.29, 1.82) is 0 Å². The average molecular weight is 428 g/mol. The molecule has 150 valence electrons. The molecule has 0 saturated heterocycles. The minimum atomic E-state index is -0.521. The zero-order chi connectivity index (χ0) is 21.1. The Morgan fingerprint density at radius 1 is 1.07 bits per heavy atom. The number of hydrogen-bond acceptors (Lipinski definition) is 5. The number of anilines is 2. The first kappa shape index (κ1) is 20.8. The summed E-state index contributed by atoms with van der Waals surface area (Å²) in [5.41, 5.74) is 1.72. The number of esters is 1. The number of fused-ring (bicyclic) bond motifs is 1. The van der Waals surface area contributed by atoms with Crippen LogP contribution in [0, 0.1) is 6.92 Å². The summed E-state index contributed by atoms with van der Waals surface area (Å²) in [5, 5.41) is 9.14. The fourth-order valence-corrected chi connectivity index (χ4v) is 4.44. The fourth-order valence-electron chi connectivity index (χ4n) is 2.95. The summed E-state index contributed by atoms with van der Waals surface area (Å²) in [4.78, 5) is 26.7. The van der Waals surface area contributed by atoms with Gasteiger partial charge in [0, 0.05) is 25.2 Å². The molecule has 1 heterocycles. The molecule has 2 aromatic carbocycles. The lowest BCUT2D eigenvalue weighted by molar-refractivity contribution is 0.0601. The molecular weight excluding hydrogens is 406 g/mol. The van der Waals surface area contributed by atoms with Crippen LogP contribution in [0.2, 0.25) is 0 Å². The number of carbonyl (C=O) groups excluding carboxylic acids is 2. The lowest BCUT2D eigenvalue weighted by Crippen LogP contribution is -2.21. The Kier molecular flexibility index (Phi) is 6.14. The van der Waals surface area contributed by atoms with E-state index in [9.17, 15) is 9.59 Å². The van der Waals surface area contributed by atoms with Gasteiger partial charge in [-0.3, -0.25) is 4.79 Å². The van der Waals surface area contributed by atoms with E-state index in [0.29, 0.717) is 26.1 Å². The van der Waals surface area contributed by atoms with Crippen LogP contribution >= 0.6 is 23.6 Å². The van der Waals surface area contributed by atoms with E-state index in [1.807, 2.05) is 42.5 Å². The summed E-state index contributed by atoms with van der Waals surface area (Å²) >= 11 is 6.65. The molecule has 0 bridgehead atoms. The van der Waals surface area contributed by atoms with E-state index in [1.165, 1.54) is 23.3 Å². The highest BCUT2D eigenvalue weighted by molar-refractivity contribution is 7.80. The van der Waals surface area contributed by atoms with Gasteiger partial charge in [0.15, 0.2) is 5.11 Å². The van der Waals surface area contributed by atoms with Crippen LogP contribution < -0.4 is 10.6 Å². The topological polar surface area (TPSA) is 70.7 Å². The van der Waals surface area contributed by atoms with Crippen molar-refractivity contribution in [3.8, 4) is 0 Å². The molecule has 0 unspecified atom stereocenters. The average Bonchev–Trinajstić information content (AvgIpc) is 3.02. The Labute approximate surface area is 178 Å². The van der Waals surface area contributed by atoms with Crippen LogP contribution in [0.4, 0.5) is 10.7 Å². The molecule has 0 radical (unpaired) electrons.